The van der Waals surface area contributed by atoms with Gasteiger partial charge in [0.1, 0.15) is 6.07 Å². The molecule has 2 nitrogen and oxygen atoms in total. The first-order chi connectivity index (χ1) is 6.77. The Morgan fingerprint density at radius 1 is 1.57 bits per heavy atom. The standard InChI is InChI=1S/C10H7BrN2S/c11-4-6-3-9-7(1-2-14-9)10(13)8(6)5-12/h1-3H,4,13H2. The molecule has 2 rings (SSSR count). The van der Waals surface area contributed by atoms with Crippen molar-refractivity contribution in [3.63, 3.8) is 0 Å². The number of hydrogen-bond donors (Lipinski definition) is 1. The van der Waals surface area contributed by atoms with Crippen LogP contribution in [0.5, 0.6) is 0 Å². The Hall–Kier alpha value is -1.05. The van der Waals surface area contributed by atoms with Crippen molar-refractivity contribution in [2.24, 2.45) is 0 Å². The zero-order valence-corrected chi connectivity index (χ0v) is 9.65. The van der Waals surface area contributed by atoms with Gasteiger partial charge in [-0.3, -0.25) is 0 Å². The molecule has 1 heterocycles. The third-order valence-corrected chi connectivity index (χ3v) is 3.60. The molecule has 14 heavy (non-hydrogen) atoms. The van der Waals surface area contributed by atoms with Crippen molar-refractivity contribution in [1.82, 2.24) is 0 Å². The fourth-order valence-corrected chi connectivity index (χ4v) is 2.74. The molecule has 70 valence electrons. The van der Waals surface area contributed by atoms with Crippen molar-refractivity contribution in [3.05, 3.63) is 28.6 Å². The predicted molar refractivity (Wildman–Crippen MR) is 63.6 cm³/mol. The zero-order valence-electron chi connectivity index (χ0n) is 7.25. The lowest BCUT2D eigenvalue weighted by molar-refractivity contribution is 1.40. The van der Waals surface area contributed by atoms with Gasteiger partial charge in [-0.1, -0.05) is 15.9 Å². The molecule has 0 radical (unpaired) electrons. The van der Waals surface area contributed by atoms with Gasteiger partial charge < -0.3 is 5.73 Å². The lowest BCUT2D eigenvalue weighted by Crippen LogP contribution is -1.95. The van der Waals surface area contributed by atoms with Crippen LogP contribution < -0.4 is 5.73 Å². The van der Waals surface area contributed by atoms with Gasteiger partial charge >= 0.3 is 0 Å². The molecule has 4 heteroatoms. The largest absolute Gasteiger partial charge is 0.397 e. The Kier molecular flexibility index (Phi) is 2.44. The van der Waals surface area contributed by atoms with Gasteiger partial charge in [0.2, 0.25) is 0 Å². The summed E-state index contributed by atoms with van der Waals surface area (Å²) in [6.45, 7) is 0. The van der Waals surface area contributed by atoms with Crippen LogP contribution in [0.15, 0.2) is 17.5 Å². The minimum atomic E-state index is 0.591. The van der Waals surface area contributed by atoms with Crippen molar-refractivity contribution < 1.29 is 0 Å². The number of anilines is 1. The summed E-state index contributed by atoms with van der Waals surface area (Å²) in [6.07, 6.45) is 0. The highest BCUT2D eigenvalue weighted by atomic mass is 79.9. The molecule has 0 aliphatic carbocycles. The quantitative estimate of drug-likeness (QED) is 0.637. The number of rotatable bonds is 1. The van der Waals surface area contributed by atoms with Crippen LogP contribution in [0.4, 0.5) is 5.69 Å². The number of fused-ring (bicyclic) bond motifs is 1. The van der Waals surface area contributed by atoms with Crippen LogP contribution in [0, 0.1) is 11.3 Å². The highest BCUT2D eigenvalue weighted by molar-refractivity contribution is 9.08. The molecule has 1 aromatic carbocycles. The summed E-state index contributed by atoms with van der Waals surface area (Å²) in [6, 6.07) is 6.12. The minimum Gasteiger partial charge on any atom is -0.397 e. The average molecular weight is 267 g/mol. The van der Waals surface area contributed by atoms with E-state index >= 15 is 0 Å². The van der Waals surface area contributed by atoms with Gasteiger partial charge in [0.05, 0.1) is 11.3 Å². The van der Waals surface area contributed by atoms with E-state index in [1.54, 1.807) is 11.3 Å². The molecular formula is C10H7BrN2S. The zero-order chi connectivity index (χ0) is 10.1. The molecule has 0 aliphatic rings. The van der Waals surface area contributed by atoms with Gasteiger partial charge in [-0.15, -0.1) is 11.3 Å². The van der Waals surface area contributed by atoms with Gasteiger partial charge in [0.15, 0.2) is 0 Å². The van der Waals surface area contributed by atoms with Gasteiger partial charge in [-0.05, 0) is 23.1 Å². The molecule has 0 unspecified atom stereocenters. The van der Waals surface area contributed by atoms with Crippen LogP contribution >= 0.6 is 27.3 Å². The monoisotopic (exact) mass is 266 g/mol. The molecule has 0 saturated heterocycles. The van der Waals surface area contributed by atoms with Crippen LogP contribution in [0.1, 0.15) is 11.1 Å². The minimum absolute atomic E-state index is 0.591. The van der Waals surface area contributed by atoms with Crippen molar-refractivity contribution in [2.75, 3.05) is 5.73 Å². The molecule has 0 atom stereocenters. The van der Waals surface area contributed by atoms with Crippen molar-refractivity contribution in [2.45, 2.75) is 5.33 Å². The van der Waals surface area contributed by atoms with E-state index < -0.39 is 0 Å². The van der Waals surface area contributed by atoms with E-state index in [4.69, 9.17) is 11.0 Å². The van der Waals surface area contributed by atoms with Crippen LogP contribution in [0.2, 0.25) is 0 Å². The molecule has 2 aromatic rings. The Morgan fingerprint density at radius 3 is 3.00 bits per heavy atom. The first kappa shape index (κ1) is 9.50. The molecule has 0 aliphatic heterocycles. The third-order valence-electron chi connectivity index (χ3n) is 2.14. The number of alkyl halides is 1. The van der Waals surface area contributed by atoms with E-state index in [-0.39, 0.29) is 0 Å². The van der Waals surface area contributed by atoms with Crippen LogP contribution in [0.3, 0.4) is 0 Å². The molecule has 0 fully saturated rings. The molecule has 0 amide bonds. The summed E-state index contributed by atoms with van der Waals surface area (Å²) in [4.78, 5) is 0. The highest BCUT2D eigenvalue weighted by Crippen LogP contribution is 2.32. The fourth-order valence-electron chi connectivity index (χ4n) is 1.43. The average Bonchev–Trinajstić information content (AvgIpc) is 2.65. The van der Waals surface area contributed by atoms with Crippen LogP contribution in [-0.4, -0.2) is 0 Å². The molecule has 0 bridgehead atoms. The number of hydrogen-bond acceptors (Lipinski definition) is 3. The summed E-state index contributed by atoms with van der Waals surface area (Å²) in [5.41, 5.74) is 8.06. The lowest BCUT2D eigenvalue weighted by atomic mass is 10.1. The number of halogens is 1. The SMILES string of the molecule is N#Cc1c(CBr)cc2sccc2c1N. The maximum Gasteiger partial charge on any atom is 0.102 e. The van der Waals surface area contributed by atoms with E-state index in [1.807, 2.05) is 17.5 Å². The number of benzene rings is 1. The second-order valence-corrected chi connectivity index (χ2v) is 4.41. The van der Waals surface area contributed by atoms with Gasteiger partial charge in [-0.25, -0.2) is 0 Å². The second kappa shape index (κ2) is 3.60. The summed E-state index contributed by atoms with van der Waals surface area (Å²) in [5, 5.41) is 12.6. The normalized spacial score (nSPS) is 10.3. The van der Waals surface area contributed by atoms with Crippen molar-refractivity contribution >= 4 is 43.0 Å². The summed E-state index contributed by atoms with van der Waals surface area (Å²) >= 11 is 5.00. The first-order valence-corrected chi connectivity index (χ1v) is 6.02. The van der Waals surface area contributed by atoms with Crippen LogP contribution in [0.25, 0.3) is 10.1 Å². The number of nitrogen functional groups attached to an aromatic ring is 1. The highest BCUT2D eigenvalue weighted by Gasteiger charge is 2.10. The summed E-state index contributed by atoms with van der Waals surface area (Å²) in [7, 11) is 0. The van der Waals surface area contributed by atoms with Crippen molar-refractivity contribution in [1.29, 1.82) is 5.26 Å². The van der Waals surface area contributed by atoms with E-state index in [1.165, 1.54) is 0 Å². The maximum absolute atomic E-state index is 8.98. The fraction of sp³-hybridized carbons (Fsp3) is 0.100. The number of thiophene rings is 1. The van der Waals surface area contributed by atoms with Crippen molar-refractivity contribution in [3.8, 4) is 6.07 Å². The number of nitriles is 1. The lowest BCUT2D eigenvalue weighted by Gasteiger charge is -2.04. The van der Waals surface area contributed by atoms with E-state index in [9.17, 15) is 0 Å². The Morgan fingerprint density at radius 2 is 2.36 bits per heavy atom. The third kappa shape index (κ3) is 1.29. The Bertz CT molecular complexity index is 525. The maximum atomic E-state index is 8.98. The van der Waals surface area contributed by atoms with Gasteiger partial charge in [-0.2, -0.15) is 5.26 Å². The predicted octanol–water partition coefficient (Wildman–Crippen LogP) is 3.25. The summed E-state index contributed by atoms with van der Waals surface area (Å²) < 4.78 is 1.14. The second-order valence-electron chi connectivity index (χ2n) is 2.90. The Balaban J connectivity index is 2.88. The molecule has 0 saturated carbocycles. The Labute approximate surface area is 94.1 Å². The first-order valence-electron chi connectivity index (χ1n) is 4.02. The summed E-state index contributed by atoms with van der Waals surface area (Å²) in [5.74, 6) is 0. The molecule has 0 spiro atoms. The van der Waals surface area contributed by atoms with Gasteiger partial charge in [0, 0.05) is 15.4 Å². The van der Waals surface area contributed by atoms with Crippen LogP contribution in [-0.2, 0) is 5.33 Å². The van der Waals surface area contributed by atoms with E-state index in [0.717, 1.165) is 15.6 Å². The number of nitrogens with two attached hydrogens (primary N) is 1. The number of nitrogens with zero attached hydrogens (tertiary/aromatic N) is 1. The van der Waals surface area contributed by atoms with E-state index in [2.05, 4.69) is 22.0 Å². The van der Waals surface area contributed by atoms with Gasteiger partial charge in [0.25, 0.3) is 0 Å². The molecule has 2 N–H and O–H groups in total. The van der Waals surface area contributed by atoms with E-state index in [0.29, 0.717) is 16.6 Å². The molecular weight excluding hydrogens is 260 g/mol. The molecule has 1 aromatic heterocycles. The smallest absolute Gasteiger partial charge is 0.102 e. The topological polar surface area (TPSA) is 49.8 Å².